The Labute approximate surface area is 124 Å². The Morgan fingerprint density at radius 1 is 1.40 bits per heavy atom. The highest BCUT2D eigenvalue weighted by atomic mass is 16.1. The molecule has 118 valence electrons. The number of rotatable bonds is 5. The summed E-state index contributed by atoms with van der Waals surface area (Å²) in [5, 5.41) is 1.50. The second-order valence-corrected chi connectivity index (χ2v) is 7.93. The van der Waals surface area contributed by atoms with Crippen molar-refractivity contribution in [2.24, 2.45) is 22.6 Å². The quantitative estimate of drug-likeness (QED) is 0.602. The minimum absolute atomic E-state index is 0.218. The van der Waals surface area contributed by atoms with E-state index in [-0.39, 0.29) is 17.2 Å². The van der Waals surface area contributed by atoms with Gasteiger partial charge in [-0.25, -0.2) is 5.43 Å². The summed E-state index contributed by atoms with van der Waals surface area (Å²) < 4.78 is 0. The molecule has 0 aliphatic heterocycles. The van der Waals surface area contributed by atoms with Crippen molar-refractivity contribution in [2.45, 2.75) is 72.8 Å². The third-order valence-electron chi connectivity index (χ3n) is 4.87. The highest BCUT2D eigenvalue weighted by molar-refractivity contribution is 5.88. The fraction of sp³-hybridized carbons (Fsp3) is 0.938. The molecule has 0 amide bonds. The maximum Gasteiger partial charge on any atom is 0.158 e. The van der Waals surface area contributed by atoms with Crippen LogP contribution >= 0.6 is 0 Å². The zero-order valence-corrected chi connectivity index (χ0v) is 14.1. The lowest BCUT2D eigenvalue weighted by molar-refractivity contribution is -0.134. The van der Waals surface area contributed by atoms with Crippen molar-refractivity contribution in [2.75, 3.05) is 7.05 Å². The largest absolute Gasteiger partial charge is 0.297 e. The summed E-state index contributed by atoms with van der Waals surface area (Å²) in [7, 11) is 1.77. The Balaban J connectivity index is 2.87. The lowest BCUT2D eigenvalue weighted by Crippen LogP contribution is -2.56. The van der Waals surface area contributed by atoms with Crippen molar-refractivity contribution in [1.82, 2.24) is 10.5 Å². The molecule has 0 radical (unpaired) electrons. The maximum absolute atomic E-state index is 12.7. The van der Waals surface area contributed by atoms with Gasteiger partial charge in [0, 0.05) is 12.5 Å². The zero-order chi connectivity index (χ0) is 15.6. The topological polar surface area (TPSA) is 58.4 Å². The molecule has 2 atom stereocenters. The Kier molecular flexibility index (Phi) is 5.76. The first-order chi connectivity index (χ1) is 9.09. The smallest absolute Gasteiger partial charge is 0.158 e. The van der Waals surface area contributed by atoms with E-state index in [2.05, 4.69) is 19.3 Å². The molecule has 1 aliphatic rings. The van der Waals surface area contributed by atoms with Crippen LogP contribution in [0.3, 0.4) is 0 Å². The van der Waals surface area contributed by atoms with Gasteiger partial charge in [0.2, 0.25) is 0 Å². The maximum atomic E-state index is 12.7. The third-order valence-corrected chi connectivity index (χ3v) is 4.87. The van der Waals surface area contributed by atoms with Crippen LogP contribution in [-0.2, 0) is 4.79 Å². The van der Waals surface area contributed by atoms with E-state index in [0.717, 1.165) is 6.42 Å². The summed E-state index contributed by atoms with van der Waals surface area (Å²) in [5.74, 6) is 6.80. The van der Waals surface area contributed by atoms with Crippen LogP contribution in [0.5, 0.6) is 0 Å². The lowest BCUT2D eigenvalue weighted by Gasteiger charge is -2.42. The number of hydrazine groups is 2. The number of hydrogen-bond donors (Lipinski definition) is 2. The number of carbonyl (C=O) groups excluding carboxylic acids is 1. The predicted octanol–water partition coefficient (Wildman–Crippen LogP) is 2.89. The van der Waals surface area contributed by atoms with Crippen molar-refractivity contribution in [3.8, 4) is 0 Å². The van der Waals surface area contributed by atoms with Crippen LogP contribution in [0.2, 0.25) is 0 Å². The SMILES string of the molecule is CNN(N)C(CC1CCCCC1(C)C)C(=O)C(C)(C)C. The molecule has 4 heteroatoms. The molecule has 1 aliphatic carbocycles. The summed E-state index contributed by atoms with van der Waals surface area (Å²) >= 11 is 0. The normalized spacial score (nSPS) is 24.7. The standard InChI is InChI=1S/C16H33N3O/c1-15(2,3)14(20)13(19(17)18-6)11-12-9-7-8-10-16(12,4)5/h12-13,18H,7-11,17H2,1-6H3. The molecule has 3 N–H and O–H groups in total. The van der Waals surface area contributed by atoms with Gasteiger partial charge < -0.3 is 0 Å². The van der Waals surface area contributed by atoms with Gasteiger partial charge in [0.05, 0.1) is 6.04 Å². The summed E-state index contributed by atoms with van der Waals surface area (Å²) in [5.41, 5.74) is 2.87. The van der Waals surface area contributed by atoms with Gasteiger partial charge in [0.25, 0.3) is 0 Å². The van der Waals surface area contributed by atoms with Gasteiger partial charge in [-0.3, -0.25) is 10.6 Å². The number of carbonyl (C=O) groups is 1. The van der Waals surface area contributed by atoms with Gasteiger partial charge in [0.1, 0.15) is 0 Å². The molecule has 4 nitrogen and oxygen atoms in total. The minimum Gasteiger partial charge on any atom is -0.297 e. The Morgan fingerprint density at radius 3 is 2.45 bits per heavy atom. The van der Waals surface area contributed by atoms with Gasteiger partial charge in [0.15, 0.2) is 5.78 Å². The molecule has 0 aromatic heterocycles. The molecule has 0 bridgehead atoms. The van der Waals surface area contributed by atoms with Crippen LogP contribution in [0.25, 0.3) is 0 Å². The second-order valence-electron chi connectivity index (χ2n) is 7.93. The molecule has 0 saturated heterocycles. The number of hydrogen-bond acceptors (Lipinski definition) is 4. The molecule has 0 spiro atoms. The van der Waals surface area contributed by atoms with Gasteiger partial charge in [-0.15, -0.1) is 0 Å². The summed E-state index contributed by atoms with van der Waals surface area (Å²) in [6.45, 7) is 10.6. The first-order valence-corrected chi connectivity index (χ1v) is 7.85. The van der Waals surface area contributed by atoms with Crippen LogP contribution in [0.15, 0.2) is 0 Å². The first-order valence-electron chi connectivity index (χ1n) is 7.85. The first kappa shape index (κ1) is 17.6. The average Bonchev–Trinajstić information content (AvgIpc) is 2.34. The Morgan fingerprint density at radius 2 is 2.00 bits per heavy atom. The highest BCUT2D eigenvalue weighted by Crippen LogP contribution is 2.43. The summed E-state index contributed by atoms with van der Waals surface area (Å²) in [4.78, 5) is 12.7. The van der Waals surface area contributed by atoms with E-state index in [1.807, 2.05) is 20.8 Å². The molecule has 0 aromatic carbocycles. The molecule has 0 aromatic rings. The van der Waals surface area contributed by atoms with Gasteiger partial charge in [-0.2, -0.15) is 5.12 Å². The van der Waals surface area contributed by atoms with Crippen LogP contribution in [0.4, 0.5) is 0 Å². The van der Waals surface area contributed by atoms with E-state index in [1.54, 1.807) is 7.05 Å². The van der Waals surface area contributed by atoms with E-state index in [0.29, 0.717) is 11.3 Å². The molecule has 20 heavy (non-hydrogen) atoms. The van der Waals surface area contributed by atoms with E-state index < -0.39 is 0 Å². The van der Waals surface area contributed by atoms with Gasteiger partial charge >= 0.3 is 0 Å². The number of nitrogens with one attached hydrogen (secondary N) is 1. The van der Waals surface area contributed by atoms with Crippen LogP contribution in [-0.4, -0.2) is 24.0 Å². The zero-order valence-electron chi connectivity index (χ0n) is 14.1. The molecule has 1 fully saturated rings. The van der Waals surface area contributed by atoms with E-state index in [1.165, 1.54) is 30.8 Å². The van der Waals surface area contributed by atoms with E-state index in [9.17, 15) is 4.79 Å². The van der Waals surface area contributed by atoms with E-state index >= 15 is 0 Å². The second kappa shape index (κ2) is 6.54. The van der Waals surface area contributed by atoms with E-state index in [4.69, 9.17) is 5.84 Å². The fourth-order valence-electron chi connectivity index (χ4n) is 3.28. The molecular formula is C16H33N3O. The summed E-state index contributed by atoms with van der Waals surface area (Å²) in [6.07, 6.45) is 5.88. The number of ketones is 1. The Bertz CT molecular complexity index is 333. The van der Waals surface area contributed by atoms with Gasteiger partial charge in [-0.05, 0) is 30.6 Å². The molecule has 1 saturated carbocycles. The van der Waals surface area contributed by atoms with Crippen molar-refractivity contribution >= 4 is 5.78 Å². The monoisotopic (exact) mass is 283 g/mol. The van der Waals surface area contributed by atoms with Crippen molar-refractivity contribution in [1.29, 1.82) is 0 Å². The minimum atomic E-state index is -0.363. The fourth-order valence-corrected chi connectivity index (χ4v) is 3.28. The van der Waals surface area contributed by atoms with Crippen LogP contribution in [0.1, 0.15) is 66.7 Å². The van der Waals surface area contributed by atoms with Crippen LogP contribution in [0, 0.1) is 16.7 Å². The molecule has 0 heterocycles. The third kappa shape index (κ3) is 4.27. The molecule has 1 rings (SSSR count). The average molecular weight is 283 g/mol. The highest BCUT2D eigenvalue weighted by Gasteiger charge is 2.39. The summed E-state index contributed by atoms with van der Waals surface area (Å²) in [6, 6.07) is -0.248. The number of Topliss-reactive ketones (excluding diaryl/α,β-unsaturated/α-hetero) is 1. The van der Waals surface area contributed by atoms with Crippen molar-refractivity contribution in [3.63, 3.8) is 0 Å². The van der Waals surface area contributed by atoms with Crippen LogP contribution < -0.4 is 11.3 Å². The Hall–Kier alpha value is -0.450. The lowest BCUT2D eigenvalue weighted by atomic mass is 9.66. The van der Waals surface area contributed by atoms with Crippen molar-refractivity contribution in [3.05, 3.63) is 0 Å². The predicted molar refractivity (Wildman–Crippen MR) is 83.7 cm³/mol. The number of nitrogens with two attached hydrogens (primary N) is 1. The number of nitrogens with zero attached hydrogens (tertiary/aromatic N) is 1. The molecule has 2 unspecified atom stereocenters. The van der Waals surface area contributed by atoms with Crippen molar-refractivity contribution < 1.29 is 4.79 Å². The van der Waals surface area contributed by atoms with Gasteiger partial charge in [-0.1, -0.05) is 47.5 Å². The molecular weight excluding hydrogens is 250 g/mol.